The van der Waals surface area contributed by atoms with Gasteiger partial charge in [0.15, 0.2) is 0 Å². The summed E-state index contributed by atoms with van der Waals surface area (Å²) in [5.74, 6) is -0.271. The molecule has 5 heteroatoms. The molecule has 0 heterocycles. The number of aliphatic carboxylic acids is 1. The third-order valence-corrected chi connectivity index (χ3v) is 3.39. The zero-order valence-corrected chi connectivity index (χ0v) is 14.0. The van der Waals surface area contributed by atoms with Crippen LogP contribution in [0, 0.1) is 5.41 Å². The number of benzene rings is 1. The van der Waals surface area contributed by atoms with Crippen LogP contribution in [-0.4, -0.2) is 23.2 Å². The molecule has 1 aromatic carbocycles. The van der Waals surface area contributed by atoms with Gasteiger partial charge in [-0.3, -0.25) is 4.79 Å². The predicted octanol–water partition coefficient (Wildman–Crippen LogP) is 3.72. The average molecular weight is 314 g/mol. The molecule has 1 aromatic rings. The van der Waals surface area contributed by atoms with E-state index in [1.807, 2.05) is 6.07 Å². The summed E-state index contributed by atoms with van der Waals surface area (Å²) in [5.41, 5.74) is -0.149. The van der Waals surface area contributed by atoms with Crippen LogP contribution in [0.15, 0.2) is 18.2 Å². The second-order valence-corrected chi connectivity index (χ2v) is 7.20. The van der Waals surface area contributed by atoms with E-state index in [2.05, 4.69) is 26.1 Å². The molecule has 1 rings (SSSR count). The van der Waals surface area contributed by atoms with Gasteiger partial charge in [-0.1, -0.05) is 17.7 Å². The molecule has 0 spiro atoms. The van der Waals surface area contributed by atoms with Crippen LogP contribution in [0.1, 0.15) is 40.2 Å². The minimum absolute atomic E-state index is 0.0449. The van der Waals surface area contributed by atoms with Crippen molar-refractivity contribution in [2.24, 2.45) is 5.41 Å². The zero-order valence-electron chi connectivity index (χ0n) is 13.3. The monoisotopic (exact) mass is 313 g/mol. The van der Waals surface area contributed by atoms with E-state index in [0.29, 0.717) is 17.3 Å². The fraction of sp³-hybridized carbons (Fsp3) is 0.562. The summed E-state index contributed by atoms with van der Waals surface area (Å²) < 4.78 is 5.70. The number of hydrogen-bond donors (Lipinski definition) is 2. The molecule has 0 aromatic heterocycles. The Hall–Kier alpha value is -1.26. The number of nitrogens with one attached hydrogen (secondary N) is 1. The first-order chi connectivity index (χ1) is 9.53. The molecule has 0 aliphatic carbocycles. The van der Waals surface area contributed by atoms with Gasteiger partial charge in [-0.2, -0.15) is 0 Å². The molecule has 0 fully saturated rings. The molecule has 0 unspecified atom stereocenters. The summed E-state index contributed by atoms with van der Waals surface area (Å²) >= 11 is 6.23. The normalized spacial score (nSPS) is 12.3. The number of carbonyl (C=O) groups is 1. The molecular formula is C16H24ClNO3. The average Bonchev–Trinajstić information content (AvgIpc) is 2.33. The first-order valence-electron chi connectivity index (χ1n) is 6.91. The van der Waals surface area contributed by atoms with Crippen LogP contribution in [0.3, 0.4) is 0 Å². The lowest BCUT2D eigenvalue weighted by Crippen LogP contribution is -2.35. The van der Waals surface area contributed by atoms with E-state index in [4.69, 9.17) is 21.4 Å². The second kappa shape index (κ2) is 6.67. The lowest BCUT2D eigenvalue weighted by Gasteiger charge is -2.24. The van der Waals surface area contributed by atoms with Gasteiger partial charge in [-0.05, 0) is 46.8 Å². The number of hydrogen-bond acceptors (Lipinski definition) is 3. The maximum absolute atomic E-state index is 11.1. The Balaban J connectivity index is 2.87. The zero-order chi connectivity index (χ0) is 16.3. The van der Waals surface area contributed by atoms with E-state index < -0.39 is 11.4 Å². The fourth-order valence-electron chi connectivity index (χ4n) is 1.52. The third-order valence-electron chi connectivity index (χ3n) is 3.04. The van der Waals surface area contributed by atoms with E-state index in [1.54, 1.807) is 26.0 Å². The third kappa shape index (κ3) is 5.56. The number of carboxylic acid groups (broad SMARTS) is 1. The summed E-state index contributed by atoms with van der Waals surface area (Å²) in [6.45, 7) is 10.1. The quantitative estimate of drug-likeness (QED) is 0.840. The highest BCUT2D eigenvalue weighted by molar-refractivity contribution is 6.31. The highest BCUT2D eigenvalue weighted by Crippen LogP contribution is 2.28. The first-order valence-corrected chi connectivity index (χ1v) is 7.29. The van der Waals surface area contributed by atoms with Crippen LogP contribution < -0.4 is 10.1 Å². The van der Waals surface area contributed by atoms with Gasteiger partial charge in [0.2, 0.25) is 0 Å². The van der Waals surface area contributed by atoms with Crippen molar-refractivity contribution in [2.45, 2.75) is 46.7 Å². The minimum Gasteiger partial charge on any atom is -0.492 e. The van der Waals surface area contributed by atoms with E-state index >= 15 is 0 Å². The first kappa shape index (κ1) is 17.8. The van der Waals surface area contributed by atoms with E-state index in [-0.39, 0.29) is 12.1 Å². The Morgan fingerprint density at radius 1 is 1.29 bits per heavy atom. The Kier molecular flexibility index (Phi) is 5.65. The van der Waals surface area contributed by atoms with Gasteiger partial charge in [0.1, 0.15) is 12.4 Å². The molecule has 2 N–H and O–H groups in total. The van der Waals surface area contributed by atoms with Crippen molar-refractivity contribution >= 4 is 17.6 Å². The van der Waals surface area contributed by atoms with Crippen LogP contribution in [0.25, 0.3) is 0 Å². The Bertz CT molecular complexity index is 507. The van der Waals surface area contributed by atoms with E-state index in [9.17, 15) is 4.79 Å². The summed E-state index contributed by atoms with van der Waals surface area (Å²) in [5, 5.41) is 13.1. The summed E-state index contributed by atoms with van der Waals surface area (Å²) in [7, 11) is 0. The molecule has 4 nitrogen and oxygen atoms in total. The molecule has 0 amide bonds. The Labute approximate surface area is 131 Å². The maximum atomic E-state index is 11.1. The van der Waals surface area contributed by atoms with Crippen LogP contribution in [0.4, 0.5) is 0 Å². The van der Waals surface area contributed by atoms with Gasteiger partial charge in [-0.25, -0.2) is 0 Å². The molecule has 0 aliphatic heterocycles. The van der Waals surface area contributed by atoms with Crippen molar-refractivity contribution in [3.63, 3.8) is 0 Å². The van der Waals surface area contributed by atoms with Crippen LogP contribution in [0.2, 0.25) is 5.02 Å². The van der Waals surface area contributed by atoms with Gasteiger partial charge in [0.05, 0.1) is 5.41 Å². The van der Waals surface area contributed by atoms with Gasteiger partial charge in [-0.15, -0.1) is 0 Å². The van der Waals surface area contributed by atoms with Gasteiger partial charge in [0, 0.05) is 22.7 Å². The second-order valence-electron chi connectivity index (χ2n) is 6.80. The van der Waals surface area contributed by atoms with Crippen molar-refractivity contribution in [3.05, 3.63) is 28.8 Å². The molecule has 21 heavy (non-hydrogen) atoms. The summed E-state index contributed by atoms with van der Waals surface area (Å²) in [4.78, 5) is 11.1. The minimum atomic E-state index is -0.947. The predicted molar refractivity (Wildman–Crippen MR) is 85.0 cm³/mol. The largest absolute Gasteiger partial charge is 0.492 e. The van der Waals surface area contributed by atoms with Crippen molar-refractivity contribution in [1.82, 2.24) is 5.32 Å². The summed E-state index contributed by atoms with van der Waals surface area (Å²) in [6.07, 6.45) is 0. The molecule has 118 valence electrons. The molecule has 0 aliphatic rings. The molecule has 0 saturated carbocycles. The molecule has 0 saturated heterocycles. The van der Waals surface area contributed by atoms with E-state index in [1.165, 1.54) is 0 Å². The Morgan fingerprint density at radius 2 is 1.90 bits per heavy atom. The van der Waals surface area contributed by atoms with Crippen molar-refractivity contribution in [2.75, 3.05) is 6.61 Å². The number of halogens is 1. The van der Waals surface area contributed by atoms with Crippen molar-refractivity contribution in [1.29, 1.82) is 0 Å². The number of carboxylic acids is 1. The maximum Gasteiger partial charge on any atom is 0.312 e. The number of ether oxygens (including phenoxy) is 1. The van der Waals surface area contributed by atoms with E-state index in [0.717, 1.165) is 5.56 Å². The highest BCUT2D eigenvalue weighted by atomic mass is 35.5. The standard InChI is InChI=1S/C16H24ClNO3/c1-15(2,3)18-9-11-12(17)7-6-8-13(11)21-10-16(4,5)14(19)20/h6-8,18H,9-10H2,1-5H3,(H,19,20). The Morgan fingerprint density at radius 3 is 2.43 bits per heavy atom. The van der Waals surface area contributed by atoms with Crippen LogP contribution in [0.5, 0.6) is 5.75 Å². The topological polar surface area (TPSA) is 58.6 Å². The molecule has 0 atom stereocenters. The lowest BCUT2D eigenvalue weighted by atomic mass is 9.95. The van der Waals surface area contributed by atoms with Crippen LogP contribution >= 0.6 is 11.6 Å². The molecular weight excluding hydrogens is 290 g/mol. The smallest absolute Gasteiger partial charge is 0.312 e. The molecule has 0 bridgehead atoms. The van der Waals surface area contributed by atoms with Crippen molar-refractivity contribution in [3.8, 4) is 5.75 Å². The lowest BCUT2D eigenvalue weighted by molar-refractivity contribution is -0.148. The SMILES string of the molecule is CC(C)(C)NCc1c(Cl)cccc1OCC(C)(C)C(=O)O. The van der Waals surface area contributed by atoms with Gasteiger partial charge in [0.25, 0.3) is 0 Å². The highest BCUT2D eigenvalue weighted by Gasteiger charge is 2.28. The van der Waals surface area contributed by atoms with Crippen LogP contribution in [-0.2, 0) is 11.3 Å². The van der Waals surface area contributed by atoms with Crippen molar-refractivity contribution < 1.29 is 14.6 Å². The molecule has 0 radical (unpaired) electrons. The van der Waals surface area contributed by atoms with Gasteiger partial charge >= 0.3 is 5.97 Å². The van der Waals surface area contributed by atoms with Gasteiger partial charge < -0.3 is 15.2 Å². The number of rotatable bonds is 6. The fourth-order valence-corrected chi connectivity index (χ4v) is 1.75. The summed E-state index contributed by atoms with van der Waals surface area (Å²) in [6, 6.07) is 5.41.